The second-order valence-corrected chi connectivity index (χ2v) is 6.53. The van der Waals surface area contributed by atoms with Crippen molar-refractivity contribution in [1.29, 1.82) is 0 Å². The number of hydrogen-bond donors (Lipinski definition) is 2. The summed E-state index contributed by atoms with van der Waals surface area (Å²) in [6, 6.07) is 5.81. The highest BCUT2D eigenvalue weighted by atomic mass is 32.1. The van der Waals surface area contributed by atoms with E-state index in [1.54, 1.807) is 6.92 Å². The molecule has 2 aromatic rings. The highest BCUT2D eigenvalue weighted by Crippen LogP contribution is 2.27. The molecule has 5 nitrogen and oxygen atoms in total. The minimum absolute atomic E-state index is 0.0530. The number of nitrogens with one attached hydrogen (secondary N) is 1. The molecule has 0 bridgehead atoms. The van der Waals surface area contributed by atoms with Gasteiger partial charge in [-0.1, -0.05) is 45.7 Å². The predicted octanol–water partition coefficient (Wildman–Crippen LogP) is 4.28. The number of hydrogen-bond acceptors (Lipinski definition) is 5. The number of Topliss-reactive ketones (excluding diaryl/α,β-unsaturated/α-hetero) is 1. The smallest absolute Gasteiger partial charge is 0.239 e. The van der Waals surface area contributed by atoms with Crippen LogP contribution in [0.4, 0.5) is 5.13 Å². The van der Waals surface area contributed by atoms with Gasteiger partial charge in [0, 0.05) is 16.5 Å². The van der Waals surface area contributed by atoms with Gasteiger partial charge in [-0.15, -0.1) is 11.3 Å². The Labute approximate surface area is 153 Å². The molecule has 0 radical (unpaired) electrons. The number of carbonyl (C=O) groups excluding carboxylic acids is 2. The zero-order chi connectivity index (χ0) is 18.8. The van der Waals surface area contributed by atoms with Gasteiger partial charge in [-0.3, -0.25) is 9.59 Å². The molecule has 0 aliphatic carbocycles. The van der Waals surface area contributed by atoms with Crippen molar-refractivity contribution in [2.75, 3.05) is 11.9 Å². The molecule has 0 spiro atoms. The zero-order valence-electron chi connectivity index (χ0n) is 15.4. The molecule has 0 aliphatic rings. The van der Waals surface area contributed by atoms with Gasteiger partial charge in [-0.25, -0.2) is 4.98 Å². The van der Waals surface area contributed by atoms with Gasteiger partial charge < -0.3 is 11.1 Å². The van der Waals surface area contributed by atoms with Crippen molar-refractivity contribution in [2.24, 2.45) is 5.73 Å². The van der Waals surface area contributed by atoms with Crippen LogP contribution in [-0.4, -0.2) is 23.2 Å². The summed E-state index contributed by atoms with van der Waals surface area (Å²) in [6.07, 6.45) is 3.12. The number of nitrogens with two attached hydrogens (primary N) is 1. The number of aryl methyl sites for hydroxylation is 1. The largest absolute Gasteiger partial charge is 0.322 e. The molecule has 0 atom stereocenters. The van der Waals surface area contributed by atoms with Gasteiger partial charge in [0.2, 0.25) is 5.91 Å². The summed E-state index contributed by atoms with van der Waals surface area (Å²) in [4.78, 5) is 27.5. The molecule has 1 aromatic heterocycles. The van der Waals surface area contributed by atoms with Gasteiger partial charge in [0.1, 0.15) is 0 Å². The molecule has 3 N–H and O–H groups in total. The predicted molar refractivity (Wildman–Crippen MR) is 105 cm³/mol. The van der Waals surface area contributed by atoms with Crippen LogP contribution >= 0.6 is 11.3 Å². The van der Waals surface area contributed by atoms with Crippen LogP contribution in [0.15, 0.2) is 23.6 Å². The van der Waals surface area contributed by atoms with E-state index in [2.05, 4.69) is 31.1 Å². The molecule has 0 saturated carbocycles. The van der Waals surface area contributed by atoms with Crippen molar-refractivity contribution in [3.8, 4) is 11.3 Å². The summed E-state index contributed by atoms with van der Waals surface area (Å²) < 4.78 is 0. The van der Waals surface area contributed by atoms with Crippen molar-refractivity contribution in [1.82, 2.24) is 4.98 Å². The lowest BCUT2D eigenvalue weighted by molar-refractivity contribution is -0.114. The maximum absolute atomic E-state index is 11.8. The molecule has 1 aromatic carbocycles. The maximum atomic E-state index is 11.8. The second kappa shape index (κ2) is 10.7. The first-order chi connectivity index (χ1) is 12.0. The number of aromatic nitrogens is 1. The molecule has 6 heteroatoms. The molecule has 1 heterocycles. The molecule has 0 aliphatic heterocycles. The van der Waals surface area contributed by atoms with Crippen LogP contribution in [0, 0.1) is 0 Å². The average molecular weight is 362 g/mol. The number of rotatable bonds is 6. The fourth-order valence-corrected chi connectivity index (χ4v) is 2.92. The third-order valence-electron chi connectivity index (χ3n) is 3.24. The Balaban J connectivity index is 0.000000970. The second-order valence-electron chi connectivity index (χ2n) is 5.68. The highest BCUT2D eigenvalue weighted by molar-refractivity contribution is 7.14. The number of amides is 1. The molecule has 0 unspecified atom stereocenters. The van der Waals surface area contributed by atoms with E-state index in [9.17, 15) is 9.59 Å². The number of anilines is 1. The van der Waals surface area contributed by atoms with Crippen LogP contribution in [0.3, 0.4) is 0 Å². The lowest BCUT2D eigenvalue weighted by Crippen LogP contribution is -2.21. The Morgan fingerprint density at radius 2 is 1.92 bits per heavy atom. The number of nitrogens with zero attached hydrogens (tertiary/aromatic N) is 1. The lowest BCUT2D eigenvalue weighted by Gasteiger charge is -2.07. The van der Waals surface area contributed by atoms with E-state index in [1.807, 2.05) is 23.6 Å². The van der Waals surface area contributed by atoms with E-state index in [0.717, 1.165) is 35.2 Å². The summed E-state index contributed by atoms with van der Waals surface area (Å²) in [5.74, 6) is -0.221. The van der Waals surface area contributed by atoms with Gasteiger partial charge >= 0.3 is 0 Å². The summed E-state index contributed by atoms with van der Waals surface area (Å²) in [6.45, 7) is 7.84. The standard InChI is InChI=1S/C16H19N3O2S.C3H8/c1-3-4-11-5-6-12(7-13(11)10(2)20)14-9-22-16(18-14)19-15(21)8-17;1-3-2/h5-7,9H,3-4,8,17H2,1-2H3,(H,18,19,21);3H2,1-2H3. The summed E-state index contributed by atoms with van der Waals surface area (Å²) in [5, 5.41) is 4.99. The van der Waals surface area contributed by atoms with Gasteiger partial charge in [0.25, 0.3) is 0 Å². The average Bonchev–Trinajstić information content (AvgIpc) is 3.04. The van der Waals surface area contributed by atoms with Crippen LogP contribution in [0.1, 0.15) is 56.5 Å². The number of benzene rings is 1. The van der Waals surface area contributed by atoms with Crippen LogP contribution < -0.4 is 11.1 Å². The van der Waals surface area contributed by atoms with Crippen LogP contribution in [0.25, 0.3) is 11.3 Å². The quantitative estimate of drug-likeness (QED) is 0.752. The van der Waals surface area contributed by atoms with E-state index in [0.29, 0.717) is 5.13 Å². The SMILES string of the molecule is CCC.CCCc1ccc(-c2csc(NC(=O)CN)n2)cc1C(C)=O. The fourth-order valence-electron chi connectivity index (χ4n) is 2.18. The van der Waals surface area contributed by atoms with Gasteiger partial charge in [0.15, 0.2) is 10.9 Å². The third kappa shape index (κ3) is 6.40. The highest BCUT2D eigenvalue weighted by Gasteiger charge is 2.11. The Morgan fingerprint density at radius 1 is 1.24 bits per heavy atom. The minimum atomic E-state index is -0.274. The first-order valence-corrected chi connectivity index (χ1v) is 9.44. The van der Waals surface area contributed by atoms with Crippen molar-refractivity contribution >= 4 is 28.2 Å². The molecular weight excluding hydrogens is 334 g/mol. The minimum Gasteiger partial charge on any atom is -0.322 e. The molecule has 0 saturated heterocycles. The Bertz CT molecular complexity index is 710. The van der Waals surface area contributed by atoms with E-state index in [1.165, 1.54) is 17.8 Å². The normalized spacial score (nSPS) is 9.96. The summed E-state index contributed by atoms with van der Waals surface area (Å²) in [5.41, 5.74) is 8.67. The van der Waals surface area contributed by atoms with Crippen molar-refractivity contribution in [2.45, 2.75) is 47.0 Å². The molecule has 25 heavy (non-hydrogen) atoms. The van der Waals surface area contributed by atoms with E-state index >= 15 is 0 Å². The molecule has 1 amide bonds. The Hall–Kier alpha value is -2.05. The number of ketones is 1. The molecule has 0 fully saturated rings. The van der Waals surface area contributed by atoms with Gasteiger partial charge in [0.05, 0.1) is 12.2 Å². The van der Waals surface area contributed by atoms with Gasteiger partial charge in [-0.2, -0.15) is 0 Å². The van der Waals surface area contributed by atoms with Crippen molar-refractivity contribution in [3.05, 3.63) is 34.7 Å². The first-order valence-electron chi connectivity index (χ1n) is 8.56. The number of thiazole rings is 1. The summed E-state index contributed by atoms with van der Waals surface area (Å²) in [7, 11) is 0. The zero-order valence-corrected chi connectivity index (χ0v) is 16.2. The maximum Gasteiger partial charge on any atom is 0.239 e. The Kier molecular flexibility index (Phi) is 9.02. The molecule has 136 valence electrons. The van der Waals surface area contributed by atoms with E-state index < -0.39 is 0 Å². The van der Waals surface area contributed by atoms with Crippen molar-refractivity contribution < 1.29 is 9.59 Å². The fraction of sp³-hybridized carbons (Fsp3) is 0.421. The number of carbonyl (C=O) groups is 2. The summed E-state index contributed by atoms with van der Waals surface area (Å²) >= 11 is 1.33. The monoisotopic (exact) mass is 361 g/mol. The third-order valence-corrected chi connectivity index (χ3v) is 4.00. The Morgan fingerprint density at radius 3 is 2.48 bits per heavy atom. The molecule has 2 rings (SSSR count). The van der Waals surface area contributed by atoms with Crippen LogP contribution in [0.2, 0.25) is 0 Å². The van der Waals surface area contributed by atoms with Crippen LogP contribution in [-0.2, 0) is 11.2 Å². The molecular formula is C19H27N3O2S. The first kappa shape index (κ1) is 21.0. The topological polar surface area (TPSA) is 85.1 Å². The van der Waals surface area contributed by atoms with Crippen molar-refractivity contribution in [3.63, 3.8) is 0 Å². The van der Waals surface area contributed by atoms with E-state index in [4.69, 9.17) is 5.73 Å². The van der Waals surface area contributed by atoms with Crippen LogP contribution in [0.5, 0.6) is 0 Å². The van der Waals surface area contributed by atoms with E-state index in [-0.39, 0.29) is 18.2 Å². The lowest BCUT2D eigenvalue weighted by atomic mass is 9.97. The van der Waals surface area contributed by atoms with Gasteiger partial charge in [-0.05, 0) is 25.0 Å².